The van der Waals surface area contributed by atoms with Crippen molar-refractivity contribution in [3.8, 4) is 0 Å². The Hall–Kier alpha value is -2.05. The van der Waals surface area contributed by atoms with Gasteiger partial charge in [0.05, 0.1) is 0 Å². The van der Waals surface area contributed by atoms with Crippen molar-refractivity contribution in [1.29, 1.82) is 0 Å². The van der Waals surface area contributed by atoms with Crippen LogP contribution in [-0.4, -0.2) is 25.1 Å². The number of nitrogens with one attached hydrogen (secondary N) is 2. The van der Waals surface area contributed by atoms with Crippen molar-refractivity contribution in [1.82, 2.24) is 19.1 Å². The minimum absolute atomic E-state index is 0.191. The van der Waals surface area contributed by atoms with Crippen molar-refractivity contribution in [2.24, 2.45) is 14.1 Å². The molecule has 7 heteroatoms. The van der Waals surface area contributed by atoms with Crippen LogP contribution in [0.15, 0.2) is 9.59 Å². The molecule has 0 fully saturated rings. The van der Waals surface area contributed by atoms with Gasteiger partial charge in [0, 0.05) is 20.1 Å². The van der Waals surface area contributed by atoms with Crippen LogP contribution in [0.2, 0.25) is 0 Å². The normalized spacial score (nSPS) is 11.4. The first-order valence-corrected chi connectivity index (χ1v) is 5.34. The molecule has 0 aliphatic heterocycles. The molecule has 2 rings (SSSR count). The molecule has 0 aliphatic carbocycles. The van der Waals surface area contributed by atoms with Crippen molar-refractivity contribution in [3.63, 3.8) is 0 Å². The van der Waals surface area contributed by atoms with E-state index < -0.39 is 0 Å². The summed E-state index contributed by atoms with van der Waals surface area (Å²) in [4.78, 5) is 30.6. The first-order chi connectivity index (χ1) is 7.91. The zero-order chi connectivity index (χ0) is 12.7. The lowest BCUT2D eigenvalue weighted by molar-refractivity contribution is 0.709. The summed E-state index contributed by atoms with van der Waals surface area (Å²) in [6, 6.07) is 0.191. The third-order valence-corrected chi connectivity index (χ3v) is 2.52. The molecule has 0 aliphatic rings. The van der Waals surface area contributed by atoms with Gasteiger partial charge in [0.15, 0.2) is 11.2 Å². The van der Waals surface area contributed by atoms with E-state index in [9.17, 15) is 9.59 Å². The second-order valence-electron chi connectivity index (χ2n) is 4.29. The van der Waals surface area contributed by atoms with E-state index in [0.29, 0.717) is 17.1 Å². The predicted octanol–water partition coefficient (Wildman–Crippen LogP) is -0.219. The quantitative estimate of drug-likeness (QED) is 0.756. The van der Waals surface area contributed by atoms with Crippen LogP contribution in [0.3, 0.4) is 0 Å². The zero-order valence-corrected chi connectivity index (χ0v) is 10.2. The summed E-state index contributed by atoms with van der Waals surface area (Å²) in [6.07, 6.45) is 0. The van der Waals surface area contributed by atoms with Gasteiger partial charge in [-0.25, -0.2) is 4.79 Å². The van der Waals surface area contributed by atoms with Gasteiger partial charge in [-0.15, -0.1) is 0 Å². The van der Waals surface area contributed by atoms with Crippen molar-refractivity contribution < 1.29 is 0 Å². The van der Waals surface area contributed by atoms with Gasteiger partial charge in [-0.05, 0) is 13.8 Å². The molecule has 0 spiro atoms. The Morgan fingerprint density at radius 1 is 1.24 bits per heavy atom. The highest BCUT2D eigenvalue weighted by molar-refractivity contribution is 5.72. The lowest BCUT2D eigenvalue weighted by Crippen LogP contribution is -2.36. The van der Waals surface area contributed by atoms with Crippen LogP contribution >= 0.6 is 0 Å². The molecule has 0 bridgehead atoms. The molecule has 17 heavy (non-hydrogen) atoms. The SMILES string of the molecule is CC(C)Nc1nc2c([nH]1)c(=O)n(C)c(=O)n2C. The molecule has 92 valence electrons. The Labute approximate surface area is 97.1 Å². The van der Waals surface area contributed by atoms with Crippen LogP contribution in [0.5, 0.6) is 0 Å². The topological polar surface area (TPSA) is 84.7 Å². The maximum absolute atomic E-state index is 11.9. The number of anilines is 1. The highest BCUT2D eigenvalue weighted by atomic mass is 16.2. The third-order valence-electron chi connectivity index (χ3n) is 2.52. The molecule has 7 nitrogen and oxygen atoms in total. The lowest BCUT2D eigenvalue weighted by atomic mass is 10.4. The van der Waals surface area contributed by atoms with E-state index in [0.717, 1.165) is 4.57 Å². The van der Waals surface area contributed by atoms with Gasteiger partial charge in [0.1, 0.15) is 0 Å². The van der Waals surface area contributed by atoms with Crippen LogP contribution < -0.4 is 16.6 Å². The molecule has 2 N–H and O–H groups in total. The van der Waals surface area contributed by atoms with E-state index >= 15 is 0 Å². The number of H-pyrrole nitrogens is 1. The van der Waals surface area contributed by atoms with E-state index in [1.165, 1.54) is 11.6 Å². The van der Waals surface area contributed by atoms with Crippen molar-refractivity contribution in [3.05, 3.63) is 20.8 Å². The summed E-state index contributed by atoms with van der Waals surface area (Å²) in [7, 11) is 3.03. The number of hydrogen-bond donors (Lipinski definition) is 2. The molecule has 0 amide bonds. The van der Waals surface area contributed by atoms with Crippen molar-refractivity contribution in [2.45, 2.75) is 19.9 Å². The second kappa shape index (κ2) is 3.76. The summed E-state index contributed by atoms with van der Waals surface area (Å²) in [5.74, 6) is 0.494. The summed E-state index contributed by atoms with van der Waals surface area (Å²) in [5, 5.41) is 3.06. The summed E-state index contributed by atoms with van der Waals surface area (Å²) >= 11 is 0. The Bertz CT molecular complexity index is 676. The monoisotopic (exact) mass is 237 g/mol. The van der Waals surface area contributed by atoms with E-state index in [2.05, 4.69) is 15.3 Å². The molecule has 0 atom stereocenters. The van der Waals surface area contributed by atoms with Crippen LogP contribution in [0.1, 0.15) is 13.8 Å². The molecule has 2 aromatic rings. The van der Waals surface area contributed by atoms with Crippen LogP contribution in [0, 0.1) is 0 Å². The highest BCUT2D eigenvalue weighted by Crippen LogP contribution is 2.08. The van der Waals surface area contributed by atoms with Crippen LogP contribution in [0.4, 0.5) is 5.95 Å². The van der Waals surface area contributed by atoms with Crippen molar-refractivity contribution in [2.75, 3.05) is 5.32 Å². The van der Waals surface area contributed by atoms with Gasteiger partial charge in [-0.2, -0.15) is 4.98 Å². The third kappa shape index (κ3) is 1.73. The molecule has 2 heterocycles. The maximum Gasteiger partial charge on any atom is 0.332 e. The number of aromatic amines is 1. The first kappa shape index (κ1) is 11.4. The number of aryl methyl sites for hydroxylation is 1. The molecule has 2 aromatic heterocycles. The molecule has 0 saturated heterocycles. The minimum atomic E-state index is -0.384. The van der Waals surface area contributed by atoms with Crippen LogP contribution in [-0.2, 0) is 14.1 Å². The number of nitrogens with zero attached hydrogens (tertiary/aromatic N) is 3. The standard InChI is InChI=1S/C10H15N5O2/c1-5(2)11-9-12-6-7(13-9)14(3)10(17)15(4)8(6)16/h5H,1-4H3,(H2,11,12,13). The molecule has 0 unspecified atom stereocenters. The van der Waals surface area contributed by atoms with Gasteiger partial charge < -0.3 is 10.3 Å². The highest BCUT2D eigenvalue weighted by Gasteiger charge is 2.13. The number of hydrogen-bond acceptors (Lipinski definition) is 4. The Balaban J connectivity index is 2.77. The Kier molecular flexibility index (Phi) is 2.53. The Morgan fingerprint density at radius 3 is 2.47 bits per heavy atom. The van der Waals surface area contributed by atoms with Crippen LogP contribution in [0.25, 0.3) is 11.2 Å². The maximum atomic E-state index is 11.9. The first-order valence-electron chi connectivity index (χ1n) is 5.34. The molecule has 0 radical (unpaired) electrons. The zero-order valence-electron chi connectivity index (χ0n) is 10.2. The van der Waals surface area contributed by atoms with E-state index in [4.69, 9.17) is 0 Å². The van der Waals surface area contributed by atoms with E-state index in [1.807, 2.05) is 13.8 Å². The second-order valence-corrected chi connectivity index (χ2v) is 4.29. The average Bonchev–Trinajstić information content (AvgIpc) is 2.66. The fourth-order valence-corrected chi connectivity index (χ4v) is 1.67. The largest absolute Gasteiger partial charge is 0.354 e. The van der Waals surface area contributed by atoms with Gasteiger partial charge in [-0.3, -0.25) is 13.9 Å². The van der Waals surface area contributed by atoms with Crippen molar-refractivity contribution >= 4 is 17.1 Å². The van der Waals surface area contributed by atoms with E-state index in [1.54, 1.807) is 7.05 Å². The van der Waals surface area contributed by atoms with E-state index in [-0.39, 0.29) is 17.3 Å². The fraction of sp³-hybridized carbons (Fsp3) is 0.500. The summed E-state index contributed by atoms with van der Waals surface area (Å²) in [6.45, 7) is 3.93. The molecular formula is C10H15N5O2. The molecule has 0 saturated carbocycles. The number of imidazole rings is 1. The molecule has 0 aromatic carbocycles. The predicted molar refractivity (Wildman–Crippen MR) is 65.3 cm³/mol. The smallest absolute Gasteiger partial charge is 0.332 e. The fourth-order valence-electron chi connectivity index (χ4n) is 1.67. The average molecular weight is 237 g/mol. The Morgan fingerprint density at radius 2 is 1.88 bits per heavy atom. The van der Waals surface area contributed by atoms with Gasteiger partial charge in [0.2, 0.25) is 5.95 Å². The number of aromatic nitrogens is 4. The van der Waals surface area contributed by atoms with Gasteiger partial charge in [-0.1, -0.05) is 0 Å². The summed E-state index contributed by atoms with van der Waals surface area (Å²) < 4.78 is 2.40. The van der Waals surface area contributed by atoms with Gasteiger partial charge in [0.25, 0.3) is 5.56 Å². The lowest BCUT2D eigenvalue weighted by Gasteiger charge is -2.04. The minimum Gasteiger partial charge on any atom is -0.354 e. The van der Waals surface area contributed by atoms with Gasteiger partial charge >= 0.3 is 5.69 Å². The number of rotatable bonds is 2. The summed E-state index contributed by atoms with van der Waals surface area (Å²) in [5.41, 5.74) is -0.0588. The number of fused-ring (bicyclic) bond motifs is 1. The molecular weight excluding hydrogens is 222 g/mol.